The number of aromatic nitrogens is 4. The number of amides is 1. The Morgan fingerprint density at radius 2 is 1.85 bits per heavy atom. The van der Waals surface area contributed by atoms with Gasteiger partial charge in [-0.05, 0) is 37.8 Å². The highest BCUT2D eigenvalue weighted by molar-refractivity contribution is 5.82. The van der Waals surface area contributed by atoms with E-state index < -0.39 is 5.92 Å². The van der Waals surface area contributed by atoms with Crippen molar-refractivity contribution in [2.24, 2.45) is 5.92 Å². The van der Waals surface area contributed by atoms with Crippen molar-refractivity contribution < 1.29 is 13.6 Å². The molecule has 6 rings (SSSR count). The largest absolute Gasteiger partial charge is 0.366 e. The summed E-state index contributed by atoms with van der Waals surface area (Å²) in [6.07, 6.45) is 10.5. The van der Waals surface area contributed by atoms with Gasteiger partial charge in [-0.15, -0.1) is 0 Å². The highest BCUT2D eigenvalue weighted by atomic mass is 19.3. The summed E-state index contributed by atoms with van der Waals surface area (Å²) in [5.41, 5.74) is 3.95. The number of carbonyl (C=O) groups is 1. The lowest BCUT2D eigenvalue weighted by molar-refractivity contribution is -0.132. The third kappa shape index (κ3) is 3.98. The monoisotopic (exact) mass is 454 g/mol. The Kier molecular flexibility index (Phi) is 4.88. The second-order valence-corrected chi connectivity index (χ2v) is 9.68. The fourth-order valence-electron chi connectivity index (χ4n) is 5.24. The predicted octanol–water partition coefficient (Wildman–Crippen LogP) is 4.01. The number of carbonyl (C=O) groups excluding carboxylic acids is 1. The normalized spacial score (nSPS) is 23.3. The van der Waals surface area contributed by atoms with Gasteiger partial charge in [-0.25, -0.2) is 13.3 Å². The Hall–Kier alpha value is -2.97. The van der Waals surface area contributed by atoms with Crippen LogP contribution in [0.25, 0.3) is 16.6 Å². The number of rotatable bonds is 4. The summed E-state index contributed by atoms with van der Waals surface area (Å²) in [6.45, 7) is 3.09. The van der Waals surface area contributed by atoms with E-state index in [0.29, 0.717) is 12.3 Å². The molecular weight excluding hydrogens is 426 g/mol. The summed E-state index contributed by atoms with van der Waals surface area (Å²) >= 11 is 0. The maximum atomic E-state index is 13.9. The van der Waals surface area contributed by atoms with E-state index in [1.807, 2.05) is 27.9 Å². The van der Waals surface area contributed by atoms with Gasteiger partial charge in [-0.3, -0.25) is 9.48 Å². The molecular formula is C24H28F2N6O. The van der Waals surface area contributed by atoms with Crippen LogP contribution in [0.3, 0.4) is 0 Å². The van der Waals surface area contributed by atoms with Crippen molar-refractivity contribution in [2.75, 3.05) is 31.1 Å². The highest BCUT2D eigenvalue weighted by Crippen LogP contribution is 2.39. The minimum Gasteiger partial charge on any atom is -0.366 e. The third-order valence-corrected chi connectivity index (χ3v) is 7.27. The van der Waals surface area contributed by atoms with Crippen LogP contribution >= 0.6 is 0 Å². The summed E-state index contributed by atoms with van der Waals surface area (Å²) in [6, 6.07) is 3.84. The molecule has 1 unspecified atom stereocenters. The highest BCUT2D eigenvalue weighted by Gasteiger charge is 2.37. The van der Waals surface area contributed by atoms with Crippen LogP contribution in [0.1, 0.15) is 44.6 Å². The number of hydrogen-bond acceptors (Lipinski definition) is 4. The van der Waals surface area contributed by atoms with Crippen molar-refractivity contribution >= 4 is 17.1 Å². The zero-order chi connectivity index (χ0) is 22.6. The zero-order valence-corrected chi connectivity index (χ0v) is 18.5. The van der Waals surface area contributed by atoms with E-state index in [-0.39, 0.29) is 24.8 Å². The first-order valence-corrected chi connectivity index (χ1v) is 11.9. The number of alkyl halides is 2. The van der Waals surface area contributed by atoms with E-state index in [1.165, 1.54) is 0 Å². The molecule has 3 aromatic rings. The fraction of sp³-hybridized carbons (Fsp3) is 0.542. The van der Waals surface area contributed by atoms with Gasteiger partial charge in [0, 0.05) is 74.7 Å². The Bertz CT molecular complexity index is 1170. The molecule has 7 nitrogen and oxygen atoms in total. The SMILES string of the molecule is O=C(C1CC1)N1CCN(c2ccnn3cc(-c4cnn(C5CCCC(F)(F)C5)c4)cc23)CC1. The van der Waals surface area contributed by atoms with Gasteiger partial charge >= 0.3 is 0 Å². The Balaban J connectivity index is 1.22. The van der Waals surface area contributed by atoms with Gasteiger partial charge in [0.2, 0.25) is 11.8 Å². The number of nitrogens with zero attached hydrogens (tertiary/aromatic N) is 6. The van der Waals surface area contributed by atoms with Crippen molar-refractivity contribution in [3.8, 4) is 11.1 Å². The average Bonchev–Trinajstić information content (AvgIpc) is 3.37. The molecule has 174 valence electrons. The van der Waals surface area contributed by atoms with Crippen LogP contribution in [0.2, 0.25) is 0 Å². The van der Waals surface area contributed by atoms with E-state index in [4.69, 9.17) is 0 Å². The average molecular weight is 455 g/mol. The lowest BCUT2D eigenvalue weighted by atomic mass is 9.92. The quantitative estimate of drug-likeness (QED) is 0.598. The van der Waals surface area contributed by atoms with Crippen molar-refractivity contribution in [3.63, 3.8) is 0 Å². The molecule has 4 heterocycles. The molecule has 0 aromatic carbocycles. The van der Waals surface area contributed by atoms with Crippen LogP contribution in [-0.4, -0.2) is 62.3 Å². The topological polar surface area (TPSA) is 58.7 Å². The molecule has 1 amide bonds. The smallest absolute Gasteiger partial charge is 0.250 e. The molecule has 9 heteroatoms. The molecule has 0 N–H and O–H groups in total. The number of halogens is 2. The fourth-order valence-corrected chi connectivity index (χ4v) is 5.24. The number of fused-ring (bicyclic) bond motifs is 1. The molecule has 0 bridgehead atoms. The lowest BCUT2D eigenvalue weighted by Crippen LogP contribution is -2.49. The van der Waals surface area contributed by atoms with E-state index in [0.717, 1.165) is 67.8 Å². The van der Waals surface area contributed by atoms with Gasteiger partial charge < -0.3 is 9.80 Å². The third-order valence-electron chi connectivity index (χ3n) is 7.27. The van der Waals surface area contributed by atoms with Crippen molar-refractivity contribution in [1.82, 2.24) is 24.3 Å². The number of hydrogen-bond donors (Lipinski definition) is 0. The second-order valence-electron chi connectivity index (χ2n) is 9.68. The molecule has 3 aliphatic rings. The molecule has 0 radical (unpaired) electrons. The predicted molar refractivity (Wildman–Crippen MR) is 120 cm³/mol. The van der Waals surface area contributed by atoms with Crippen molar-refractivity contribution in [1.29, 1.82) is 0 Å². The van der Waals surface area contributed by atoms with Gasteiger partial charge in [0.1, 0.15) is 0 Å². The maximum Gasteiger partial charge on any atom is 0.250 e. The Morgan fingerprint density at radius 3 is 2.61 bits per heavy atom. The molecule has 1 aliphatic heterocycles. The Morgan fingerprint density at radius 1 is 1.03 bits per heavy atom. The molecule has 3 fully saturated rings. The van der Waals surface area contributed by atoms with Crippen LogP contribution in [-0.2, 0) is 4.79 Å². The molecule has 2 saturated carbocycles. The van der Waals surface area contributed by atoms with Crippen molar-refractivity contribution in [2.45, 2.75) is 50.5 Å². The molecule has 0 spiro atoms. The summed E-state index contributed by atoms with van der Waals surface area (Å²) in [5, 5.41) is 8.89. The zero-order valence-electron chi connectivity index (χ0n) is 18.5. The molecule has 33 heavy (non-hydrogen) atoms. The van der Waals surface area contributed by atoms with Crippen LogP contribution in [0.5, 0.6) is 0 Å². The first kappa shape index (κ1) is 20.6. The van der Waals surface area contributed by atoms with Gasteiger partial charge in [0.15, 0.2) is 0 Å². The number of piperazine rings is 1. The van der Waals surface area contributed by atoms with E-state index in [1.54, 1.807) is 17.1 Å². The van der Waals surface area contributed by atoms with Gasteiger partial charge in [0.25, 0.3) is 0 Å². The Labute approximate surface area is 191 Å². The summed E-state index contributed by atoms with van der Waals surface area (Å²) in [4.78, 5) is 16.7. The van der Waals surface area contributed by atoms with E-state index in [2.05, 4.69) is 21.2 Å². The maximum absolute atomic E-state index is 13.9. The van der Waals surface area contributed by atoms with E-state index >= 15 is 0 Å². The standard InChI is InChI=1S/C24H28F2N6O/c25-24(26)6-1-2-20(13-24)31-16-19(14-28-31)18-12-22-21(5-7-27-32(22)15-18)29-8-10-30(11-9-29)23(33)17-3-4-17/h5,7,12,14-17,20H,1-4,6,8-11,13H2. The second kappa shape index (κ2) is 7.81. The first-order chi connectivity index (χ1) is 16.0. The van der Waals surface area contributed by atoms with Gasteiger partial charge in [-0.1, -0.05) is 0 Å². The molecule has 1 atom stereocenters. The minimum atomic E-state index is -2.61. The minimum absolute atomic E-state index is 0.0278. The summed E-state index contributed by atoms with van der Waals surface area (Å²) in [5.74, 6) is -2.03. The van der Waals surface area contributed by atoms with Gasteiger partial charge in [0.05, 0.1) is 23.4 Å². The van der Waals surface area contributed by atoms with Crippen molar-refractivity contribution in [3.05, 3.63) is 36.9 Å². The molecule has 2 aliphatic carbocycles. The lowest BCUT2D eigenvalue weighted by Gasteiger charge is -2.36. The summed E-state index contributed by atoms with van der Waals surface area (Å²) in [7, 11) is 0. The van der Waals surface area contributed by atoms with Crippen LogP contribution in [0.15, 0.2) is 36.9 Å². The number of anilines is 1. The van der Waals surface area contributed by atoms with E-state index in [9.17, 15) is 13.6 Å². The summed E-state index contributed by atoms with van der Waals surface area (Å²) < 4.78 is 31.3. The molecule has 3 aromatic heterocycles. The van der Waals surface area contributed by atoms with Crippen LogP contribution in [0, 0.1) is 5.92 Å². The molecule has 1 saturated heterocycles. The van der Waals surface area contributed by atoms with Gasteiger partial charge in [-0.2, -0.15) is 10.2 Å². The first-order valence-electron chi connectivity index (χ1n) is 11.9. The van der Waals surface area contributed by atoms with Crippen LogP contribution in [0.4, 0.5) is 14.5 Å². The van der Waals surface area contributed by atoms with Crippen LogP contribution < -0.4 is 4.90 Å².